The van der Waals surface area contributed by atoms with Crippen LogP contribution >= 0.6 is 15.9 Å². The van der Waals surface area contributed by atoms with E-state index < -0.39 is 0 Å². The van der Waals surface area contributed by atoms with Crippen molar-refractivity contribution in [2.75, 3.05) is 6.54 Å². The molecular weight excluding hydrogens is 268 g/mol. The van der Waals surface area contributed by atoms with Crippen molar-refractivity contribution in [2.24, 2.45) is 11.7 Å². The standard InChI is InChI=1S/C12H17BrN2O/c1-2-9(7-14)5-12(16)6-11-4-3-10(13)8-15-11/h3-4,8-9H,2,5-7,14H2,1H3. The summed E-state index contributed by atoms with van der Waals surface area (Å²) in [5.74, 6) is 0.523. The average molecular weight is 285 g/mol. The molecule has 1 unspecified atom stereocenters. The molecule has 0 bridgehead atoms. The molecule has 1 aromatic heterocycles. The molecule has 0 saturated carbocycles. The Morgan fingerprint density at radius 2 is 2.31 bits per heavy atom. The Bertz CT molecular complexity index is 333. The number of pyridine rings is 1. The van der Waals surface area contributed by atoms with Gasteiger partial charge in [-0.05, 0) is 40.5 Å². The Kier molecular flexibility index (Phi) is 5.63. The van der Waals surface area contributed by atoms with Crippen LogP contribution in [0.5, 0.6) is 0 Å². The van der Waals surface area contributed by atoms with Crippen molar-refractivity contribution in [3.05, 3.63) is 28.5 Å². The van der Waals surface area contributed by atoms with Crippen LogP contribution in [0.1, 0.15) is 25.5 Å². The minimum Gasteiger partial charge on any atom is -0.330 e. The summed E-state index contributed by atoms with van der Waals surface area (Å²) >= 11 is 3.31. The zero-order chi connectivity index (χ0) is 12.0. The molecule has 1 atom stereocenters. The van der Waals surface area contributed by atoms with Gasteiger partial charge in [-0.15, -0.1) is 0 Å². The smallest absolute Gasteiger partial charge is 0.139 e. The molecule has 0 radical (unpaired) electrons. The predicted molar refractivity (Wildman–Crippen MR) is 68.1 cm³/mol. The van der Waals surface area contributed by atoms with Gasteiger partial charge in [0.05, 0.1) is 0 Å². The summed E-state index contributed by atoms with van der Waals surface area (Å²) in [7, 11) is 0. The maximum Gasteiger partial charge on any atom is 0.139 e. The van der Waals surface area contributed by atoms with Gasteiger partial charge in [-0.3, -0.25) is 9.78 Å². The van der Waals surface area contributed by atoms with Gasteiger partial charge in [-0.1, -0.05) is 13.3 Å². The third kappa shape index (κ3) is 4.41. The van der Waals surface area contributed by atoms with Crippen molar-refractivity contribution >= 4 is 21.7 Å². The Hall–Kier alpha value is -0.740. The summed E-state index contributed by atoms with van der Waals surface area (Å²) in [6, 6.07) is 3.77. The second-order valence-corrected chi connectivity index (χ2v) is 4.81. The van der Waals surface area contributed by atoms with Crippen LogP contribution in [0, 0.1) is 5.92 Å². The van der Waals surface area contributed by atoms with E-state index in [2.05, 4.69) is 27.8 Å². The van der Waals surface area contributed by atoms with Crippen molar-refractivity contribution < 1.29 is 4.79 Å². The van der Waals surface area contributed by atoms with Crippen LogP contribution in [-0.4, -0.2) is 17.3 Å². The van der Waals surface area contributed by atoms with Gasteiger partial charge in [0.2, 0.25) is 0 Å². The molecule has 16 heavy (non-hydrogen) atoms. The summed E-state index contributed by atoms with van der Waals surface area (Å²) in [6.07, 6.45) is 3.63. The van der Waals surface area contributed by atoms with Crippen molar-refractivity contribution in [3.8, 4) is 0 Å². The molecule has 3 nitrogen and oxygen atoms in total. The van der Waals surface area contributed by atoms with E-state index in [9.17, 15) is 4.79 Å². The SMILES string of the molecule is CCC(CN)CC(=O)Cc1ccc(Br)cn1. The summed E-state index contributed by atoms with van der Waals surface area (Å²) in [5.41, 5.74) is 6.39. The predicted octanol–water partition coefficient (Wildman–Crippen LogP) is 2.33. The monoisotopic (exact) mass is 284 g/mol. The first-order chi connectivity index (χ1) is 7.65. The van der Waals surface area contributed by atoms with E-state index in [-0.39, 0.29) is 5.78 Å². The van der Waals surface area contributed by atoms with Crippen molar-refractivity contribution in [1.29, 1.82) is 0 Å². The molecular formula is C12H17BrN2O. The van der Waals surface area contributed by atoms with Crippen molar-refractivity contribution in [3.63, 3.8) is 0 Å². The minimum atomic E-state index is 0.215. The Morgan fingerprint density at radius 3 is 2.81 bits per heavy atom. The highest BCUT2D eigenvalue weighted by atomic mass is 79.9. The van der Waals surface area contributed by atoms with Crippen molar-refractivity contribution in [2.45, 2.75) is 26.2 Å². The molecule has 0 aliphatic rings. The number of carbonyl (C=O) groups is 1. The third-order valence-electron chi connectivity index (χ3n) is 2.59. The maximum absolute atomic E-state index is 11.7. The number of hydrogen-bond donors (Lipinski definition) is 1. The zero-order valence-electron chi connectivity index (χ0n) is 9.45. The highest BCUT2D eigenvalue weighted by molar-refractivity contribution is 9.10. The quantitative estimate of drug-likeness (QED) is 0.872. The lowest BCUT2D eigenvalue weighted by atomic mass is 9.98. The molecule has 4 heteroatoms. The molecule has 0 spiro atoms. The zero-order valence-corrected chi connectivity index (χ0v) is 11.0. The van der Waals surface area contributed by atoms with Gasteiger partial charge in [0.15, 0.2) is 0 Å². The van der Waals surface area contributed by atoms with Gasteiger partial charge in [0.25, 0.3) is 0 Å². The van der Waals surface area contributed by atoms with Gasteiger partial charge in [0.1, 0.15) is 5.78 Å². The first-order valence-corrected chi connectivity index (χ1v) is 6.27. The fourth-order valence-electron chi connectivity index (χ4n) is 1.50. The number of hydrogen-bond acceptors (Lipinski definition) is 3. The van der Waals surface area contributed by atoms with Crippen LogP contribution in [0.3, 0.4) is 0 Å². The number of rotatable bonds is 6. The molecule has 2 N–H and O–H groups in total. The average Bonchev–Trinajstić information content (AvgIpc) is 2.29. The molecule has 0 saturated heterocycles. The van der Waals surface area contributed by atoms with Gasteiger partial charge in [-0.2, -0.15) is 0 Å². The molecule has 0 aromatic carbocycles. The van der Waals surface area contributed by atoms with E-state index in [4.69, 9.17) is 5.73 Å². The summed E-state index contributed by atoms with van der Waals surface area (Å²) in [6.45, 7) is 2.64. The summed E-state index contributed by atoms with van der Waals surface area (Å²) in [5, 5.41) is 0. The van der Waals surface area contributed by atoms with Gasteiger partial charge in [-0.25, -0.2) is 0 Å². The normalized spacial score (nSPS) is 12.4. The van der Waals surface area contributed by atoms with Gasteiger partial charge in [0, 0.05) is 29.2 Å². The highest BCUT2D eigenvalue weighted by Gasteiger charge is 2.11. The summed E-state index contributed by atoms with van der Waals surface area (Å²) in [4.78, 5) is 15.9. The number of halogens is 1. The molecule has 0 amide bonds. The fraction of sp³-hybridized carbons (Fsp3) is 0.500. The number of Topliss-reactive ketones (excluding diaryl/α,β-unsaturated/α-hetero) is 1. The molecule has 1 rings (SSSR count). The van der Waals surface area contributed by atoms with E-state index in [1.807, 2.05) is 12.1 Å². The van der Waals surface area contributed by atoms with E-state index >= 15 is 0 Å². The highest BCUT2D eigenvalue weighted by Crippen LogP contribution is 2.11. The number of aromatic nitrogens is 1. The second kappa shape index (κ2) is 6.76. The van der Waals surface area contributed by atoms with Gasteiger partial charge >= 0.3 is 0 Å². The largest absolute Gasteiger partial charge is 0.330 e. The molecule has 0 aliphatic heterocycles. The molecule has 0 aliphatic carbocycles. The fourth-order valence-corrected chi connectivity index (χ4v) is 1.74. The van der Waals surface area contributed by atoms with Crippen LogP contribution in [0.25, 0.3) is 0 Å². The van der Waals surface area contributed by atoms with Gasteiger partial charge < -0.3 is 5.73 Å². The first kappa shape index (κ1) is 13.3. The minimum absolute atomic E-state index is 0.215. The summed E-state index contributed by atoms with van der Waals surface area (Å²) < 4.78 is 0.928. The Labute approximate surface area is 105 Å². The van der Waals surface area contributed by atoms with Crippen LogP contribution < -0.4 is 5.73 Å². The lowest BCUT2D eigenvalue weighted by molar-refractivity contribution is -0.119. The number of nitrogens with zero attached hydrogens (tertiary/aromatic N) is 1. The lowest BCUT2D eigenvalue weighted by Crippen LogP contribution is -2.18. The van der Waals surface area contributed by atoms with Crippen LogP contribution in [0.2, 0.25) is 0 Å². The molecule has 1 aromatic rings. The Balaban J connectivity index is 2.48. The van der Waals surface area contributed by atoms with E-state index in [0.29, 0.717) is 25.3 Å². The topological polar surface area (TPSA) is 56.0 Å². The maximum atomic E-state index is 11.7. The van der Waals surface area contributed by atoms with Crippen LogP contribution in [0.15, 0.2) is 22.8 Å². The van der Waals surface area contributed by atoms with E-state index in [1.54, 1.807) is 6.20 Å². The number of ketones is 1. The number of carbonyl (C=O) groups excluding carboxylic acids is 1. The van der Waals surface area contributed by atoms with Crippen LogP contribution in [-0.2, 0) is 11.2 Å². The van der Waals surface area contributed by atoms with Crippen molar-refractivity contribution in [1.82, 2.24) is 4.98 Å². The second-order valence-electron chi connectivity index (χ2n) is 3.90. The Morgan fingerprint density at radius 1 is 1.56 bits per heavy atom. The molecule has 1 heterocycles. The van der Waals surface area contributed by atoms with Crippen LogP contribution in [0.4, 0.5) is 0 Å². The lowest BCUT2D eigenvalue weighted by Gasteiger charge is -2.10. The molecule has 0 fully saturated rings. The first-order valence-electron chi connectivity index (χ1n) is 5.48. The van der Waals surface area contributed by atoms with E-state index in [0.717, 1.165) is 16.6 Å². The molecule has 88 valence electrons. The third-order valence-corrected chi connectivity index (χ3v) is 3.06. The van der Waals surface area contributed by atoms with E-state index in [1.165, 1.54) is 0 Å². The number of nitrogens with two attached hydrogens (primary N) is 1.